The molecule has 0 spiro atoms. The van der Waals surface area contributed by atoms with Crippen LogP contribution in [0, 0.1) is 0 Å². The molecule has 1 aromatic heterocycles. The molecule has 25 heavy (non-hydrogen) atoms. The minimum Gasteiger partial charge on any atom is -0.480 e. The fraction of sp³-hybridized carbons (Fsp3) is 0.100. The maximum Gasteiger partial charge on any atom is 0.343 e. The molecule has 5 heteroatoms. The first-order chi connectivity index (χ1) is 12.1. The number of methoxy groups -OCH3 is 2. The van der Waals surface area contributed by atoms with Gasteiger partial charge in [0.15, 0.2) is 0 Å². The van der Waals surface area contributed by atoms with E-state index in [0.717, 1.165) is 16.7 Å². The summed E-state index contributed by atoms with van der Waals surface area (Å²) >= 11 is 5.99. The maximum atomic E-state index is 12.1. The summed E-state index contributed by atoms with van der Waals surface area (Å²) in [5.41, 5.74) is 3.60. The highest BCUT2D eigenvalue weighted by molar-refractivity contribution is 6.30. The topological polar surface area (TPSA) is 48.4 Å². The Morgan fingerprint density at radius 2 is 1.64 bits per heavy atom. The molecule has 2 aromatic carbocycles. The molecule has 3 aromatic rings. The Balaban J connectivity index is 2.28. The molecule has 1 heterocycles. The van der Waals surface area contributed by atoms with E-state index in [4.69, 9.17) is 21.1 Å². The van der Waals surface area contributed by atoms with Crippen LogP contribution >= 0.6 is 11.6 Å². The fourth-order valence-corrected chi connectivity index (χ4v) is 2.70. The predicted octanol–water partition coefficient (Wildman–Crippen LogP) is 4.86. The molecule has 0 saturated carbocycles. The number of nitrogens with zero attached hydrogens (tertiary/aromatic N) is 1. The SMILES string of the molecule is COC(=O)c1cc(-c2ccccc2)c(-c2ccc(Cl)cc2)nc1OC. The number of esters is 1. The van der Waals surface area contributed by atoms with Crippen molar-refractivity contribution in [3.8, 4) is 28.3 Å². The average molecular weight is 354 g/mol. The van der Waals surface area contributed by atoms with Crippen LogP contribution in [0.15, 0.2) is 60.7 Å². The monoisotopic (exact) mass is 353 g/mol. The largest absolute Gasteiger partial charge is 0.480 e. The van der Waals surface area contributed by atoms with E-state index >= 15 is 0 Å². The van der Waals surface area contributed by atoms with Gasteiger partial charge in [0.2, 0.25) is 5.88 Å². The lowest BCUT2D eigenvalue weighted by molar-refractivity contribution is 0.0596. The summed E-state index contributed by atoms with van der Waals surface area (Å²) in [4.78, 5) is 16.7. The smallest absolute Gasteiger partial charge is 0.343 e. The summed E-state index contributed by atoms with van der Waals surface area (Å²) in [7, 11) is 2.81. The van der Waals surface area contributed by atoms with Gasteiger partial charge in [-0.1, -0.05) is 54.1 Å². The van der Waals surface area contributed by atoms with Crippen LogP contribution in [0.5, 0.6) is 5.88 Å². The molecular formula is C20H16ClNO3. The van der Waals surface area contributed by atoms with Crippen molar-refractivity contribution in [2.45, 2.75) is 0 Å². The van der Waals surface area contributed by atoms with Crippen molar-refractivity contribution < 1.29 is 14.3 Å². The lowest BCUT2D eigenvalue weighted by atomic mass is 9.97. The van der Waals surface area contributed by atoms with E-state index in [1.807, 2.05) is 42.5 Å². The highest BCUT2D eigenvalue weighted by Gasteiger charge is 2.20. The van der Waals surface area contributed by atoms with Crippen LogP contribution in [-0.4, -0.2) is 25.2 Å². The van der Waals surface area contributed by atoms with Gasteiger partial charge in [0.25, 0.3) is 0 Å². The second kappa shape index (κ2) is 7.36. The third kappa shape index (κ3) is 3.49. The molecule has 0 fully saturated rings. The molecular weight excluding hydrogens is 338 g/mol. The summed E-state index contributed by atoms with van der Waals surface area (Å²) in [5, 5.41) is 0.642. The summed E-state index contributed by atoms with van der Waals surface area (Å²) < 4.78 is 10.2. The van der Waals surface area contributed by atoms with Gasteiger partial charge in [-0.15, -0.1) is 0 Å². The van der Waals surface area contributed by atoms with Crippen molar-refractivity contribution in [2.75, 3.05) is 14.2 Å². The highest BCUT2D eigenvalue weighted by atomic mass is 35.5. The quantitative estimate of drug-likeness (QED) is 0.628. The minimum atomic E-state index is -0.496. The maximum absolute atomic E-state index is 12.1. The van der Waals surface area contributed by atoms with Crippen LogP contribution in [-0.2, 0) is 4.74 Å². The van der Waals surface area contributed by atoms with Gasteiger partial charge >= 0.3 is 5.97 Å². The number of aromatic nitrogens is 1. The van der Waals surface area contributed by atoms with Crippen LogP contribution in [0.3, 0.4) is 0 Å². The van der Waals surface area contributed by atoms with E-state index in [0.29, 0.717) is 10.7 Å². The molecule has 3 rings (SSSR count). The Hall–Kier alpha value is -2.85. The molecule has 0 amide bonds. The molecule has 0 N–H and O–H groups in total. The summed E-state index contributed by atoms with van der Waals surface area (Å²) in [6, 6.07) is 18.8. The Labute approximate surface area is 151 Å². The van der Waals surface area contributed by atoms with E-state index < -0.39 is 5.97 Å². The normalized spacial score (nSPS) is 10.4. The molecule has 0 aliphatic heterocycles. The lowest BCUT2D eigenvalue weighted by Crippen LogP contribution is -2.07. The van der Waals surface area contributed by atoms with E-state index in [9.17, 15) is 4.79 Å². The number of hydrogen-bond donors (Lipinski definition) is 0. The molecule has 4 nitrogen and oxygen atoms in total. The van der Waals surface area contributed by atoms with Gasteiger partial charge in [0, 0.05) is 16.1 Å². The molecule has 126 valence electrons. The molecule has 0 aliphatic rings. The van der Waals surface area contributed by atoms with Crippen LogP contribution in [0.2, 0.25) is 5.02 Å². The average Bonchev–Trinajstić information content (AvgIpc) is 2.67. The predicted molar refractivity (Wildman–Crippen MR) is 98.0 cm³/mol. The first kappa shape index (κ1) is 17.0. The number of carbonyl (C=O) groups is 1. The molecule has 0 bridgehead atoms. The van der Waals surface area contributed by atoms with Crippen LogP contribution in [0.4, 0.5) is 0 Å². The third-order valence-corrected chi connectivity index (χ3v) is 4.04. The lowest BCUT2D eigenvalue weighted by Gasteiger charge is -2.14. The van der Waals surface area contributed by atoms with Gasteiger partial charge in [-0.25, -0.2) is 9.78 Å². The number of halogens is 1. The van der Waals surface area contributed by atoms with Crippen molar-refractivity contribution in [3.05, 3.63) is 71.2 Å². The Morgan fingerprint density at radius 3 is 2.24 bits per heavy atom. The fourth-order valence-electron chi connectivity index (χ4n) is 2.57. The van der Waals surface area contributed by atoms with Crippen molar-refractivity contribution in [3.63, 3.8) is 0 Å². The second-order valence-corrected chi connectivity index (χ2v) is 5.74. The van der Waals surface area contributed by atoms with Crippen molar-refractivity contribution in [2.24, 2.45) is 0 Å². The number of hydrogen-bond acceptors (Lipinski definition) is 4. The van der Waals surface area contributed by atoms with E-state index in [-0.39, 0.29) is 11.4 Å². The second-order valence-electron chi connectivity index (χ2n) is 5.31. The summed E-state index contributed by atoms with van der Waals surface area (Å²) in [6.45, 7) is 0. The van der Waals surface area contributed by atoms with Gasteiger partial charge in [-0.2, -0.15) is 0 Å². The van der Waals surface area contributed by atoms with Crippen molar-refractivity contribution in [1.82, 2.24) is 4.98 Å². The van der Waals surface area contributed by atoms with Gasteiger partial charge in [-0.05, 0) is 23.8 Å². The number of pyridine rings is 1. The zero-order valence-corrected chi connectivity index (χ0v) is 14.6. The van der Waals surface area contributed by atoms with Gasteiger partial charge in [0.1, 0.15) is 5.56 Å². The molecule has 0 atom stereocenters. The first-order valence-corrected chi connectivity index (χ1v) is 8.00. The Bertz CT molecular complexity index is 893. The van der Waals surface area contributed by atoms with Crippen LogP contribution in [0.25, 0.3) is 22.4 Å². The Morgan fingerprint density at radius 1 is 0.960 bits per heavy atom. The van der Waals surface area contributed by atoms with Gasteiger partial charge in [-0.3, -0.25) is 0 Å². The number of rotatable bonds is 4. The minimum absolute atomic E-state index is 0.219. The first-order valence-electron chi connectivity index (χ1n) is 7.62. The van der Waals surface area contributed by atoms with E-state index in [1.54, 1.807) is 18.2 Å². The third-order valence-electron chi connectivity index (χ3n) is 3.79. The van der Waals surface area contributed by atoms with E-state index in [1.165, 1.54) is 14.2 Å². The van der Waals surface area contributed by atoms with Gasteiger partial charge < -0.3 is 9.47 Å². The van der Waals surface area contributed by atoms with Crippen molar-refractivity contribution >= 4 is 17.6 Å². The van der Waals surface area contributed by atoms with Gasteiger partial charge in [0.05, 0.1) is 19.9 Å². The molecule has 0 radical (unpaired) electrons. The Kier molecular flexibility index (Phi) is 5.00. The number of ether oxygens (including phenoxy) is 2. The van der Waals surface area contributed by atoms with Crippen LogP contribution in [0.1, 0.15) is 10.4 Å². The molecule has 0 aliphatic carbocycles. The van der Waals surface area contributed by atoms with Crippen LogP contribution < -0.4 is 4.74 Å². The zero-order chi connectivity index (χ0) is 17.8. The van der Waals surface area contributed by atoms with Crippen molar-refractivity contribution in [1.29, 1.82) is 0 Å². The standard InChI is InChI=1S/C20H16ClNO3/c1-24-19-17(20(23)25-2)12-16(13-6-4-3-5-7-13)18(22-19)14-8-10-15(21)11-9-14/h3-12H,1-2H3. The summed E-state index contributed by atoms with van der Waals surface area (Å²) in [6.07, 6.45) is 0. The number of carbonyl (C=O) groups excluding carboxylic acids is 1. The molecule has 0 saturated heterocycles. The van der Waals surface area contributed by atoms with E-state index in [2.05, 4.69) is 4.98 Å². The highest BCUT2D eigenvalue weighted by Crippen LogP contribution is 2.35. The summed E-state index contributed by atoms with van der Waals surface area (Å²) in [5.74, 6) is -0.277. The number of benzene rings is 2. The molecule has 0 unspecified atom stereocenters. The zero-order valence-electron chi connectivity index (χ0n) is 13.8.